The number of benzene rings is 1. The number of likely N-dealkylation sites (tertiary alicyclic amines) is 1. The van der Waals surface area contributed by atoms with Gasteiger partial charge in [-0.3, -0.25) is 14.0 Å². The highest BCUT2D eigenvalue weighted by molar-refractivity contribution is 6.46. The first-order valence-corrected chi connectivity index (χ1v) is 13.9. The fourth-order valence-electron chi connectivity index (χ4n) is 5.29. The average Bonchev–Trinajstić information content (AvgIpc) is 3.66. The lowest BCUT2D eigenvalue weighted by atomic mass is 9.96. The van der Waals surface area contributed by atoms with Crippen molar-refractivity contribution in [3.8, 4) is 5.75 Å². The summed E-state index contributed by atoms with van der Waals surface area (Å²) in [5, 5.41) is 11.6. The second-order valence-electron chi connectivity index (χ2n) is 10.1. The third kappa shape index (κ3) is 5.50. The summed E-state index contributed by atoms with van der Waals surface area (Å²) >= 11 is 0. The highest BCUT2D eigenvalue weighted by Gasteiger charge is 2.46. The Bertz CT molecular complexity index is 1500. The molecule has 208 valence electrons. The number of hydrogen-bond donors (Lipinski definition) is 1. The quantitative estimate of drug-likeness (QED) is 0.113. The number of ether oxygens (including phenoxy) is 1. The molecule has 9 nitrogen and oxygen atoms in total. The number of fused-ring (bicyclic) bond motifs is 1. The molecule has 1 aromatic carbocycles. The molecule has 9 heteroatoms. The van der Waals surface area contributed by atoms with E-state index in [1.807, 2.05) is 53.2 Å². The molecule has 1 amide bonds. The van der Waals surface area contributed by atoms with Crippen LogP contribution in [0, 0.1) is 6.92 Å². The Morgan fingerprint density at radius 2 is 1.82 bits per heavy atom. The summed E-state index contributed by atoms with van der Waals surface area (Å²) in [4.78, 5) is 37.0. The number of hydrogen-bond acceptors (Lipinski definition) is 6. The molecule has 1 aliphatic rings. The van der Waals surface area contributed by atoms with E-state index in [1.165, 1.54) is 12.8 Å². The van der Waals surface area contributed by atoms with Crippen LogP contribution in [0.5, 0.6) is 5.75 Å². The van der Waals surface area contributed by atoms with Crippen LogP contribution in [-0.4, -0.2) is 53.8 Å². The molecular formula is C31H35N5O4. The van der Waals surface area contributed by atoms with Crippen molar-refractivity contribution < 1.29 is 19.4 Å². The smallest absolute Gasteiger partial charge is 0.295 e. The normalized spacial score (nSPS) is 16.8. The Kier molecular flexibility index (Phi) is 8.28. The van der Waals surface area contributed by atoms with E-state index >= 15 is 0 Å². The van der Waals surface area contributed by atoms with E-state index in [9.17, 15) is 14.7 Å². The molecule has 4 heterocycles. The number of aliphatic hydroxyl groups is 1. The van der Waals surface area contributed by atoms with E-state index in [0.717, 1.165) is 24.2 Å². The van der Waals surface area contributed by atoms with E-state index in [4.69, 9.17) is 4.74 Å². The lowest BCUT2D eigenvalue weighted by Crippen LogP contribution is -2.31. The maximum atomic E-state index is 13.5. The minimum absolute atomic E-state index is 0.0645. The number of amides is 1. The number of carbonyl (C=O) groups is 2. The lowest BCUT2D eigenvalue weighted by Gasteiger charge is -2.25. The first-order chi connectivity index (χ1) is 19.5. The second-order valence-corrected chi connectivity index (χ2v) is 10.1. The predicted octanol–water partition coefficient (Wildman–Crippen LogP) is 5.31. The SMILES string of the molecule is CCCCCCOc1ccc(C2C(=C(O)c3c(C)nc4ccccn34)C(=O)C(=O)N2CCCn2ccnc2)cc1. The van der Waals surface area contributed by atoms with Gasteiger partial charge >= 0.3 is 0 Å². The molecule has 0 spiro atoms. The lowest BCUT2D eigenvalue weighted by molar-refractivity contribution is -0.139. The zero-order chi connectivity index (χ0) is 28.1. The summed E-state index contributed by atoms with van der Waals surface area (Å²) in [6, 6.07) is 12.2. The van der Waals surface area contributed by atoms with Gasteiger partial charge in [-0.25, -0.2) is 9.97 Å². The highest BCUT2D eigenvalue weighted by atomic mass is 16.5. The molecule has 0 aliphatic carbocycles. The molecule has 1 saturated heterocycles. The topological polar surface area (TPSA) is 102 Å². The van der Waals surface area contributed by atoms with Crippen LogP contribution in [-0.2, 0) is 16.1 Å². The Hall–Kier alpha value is -4.40. The van der Waals surface area contributed by atoms with Crippen molar-refractivity contribution in [1.82, 2.24) is 23.8 Å². The van der Waals surface area contributed by atoms with Crippen LogP contribution in [0.15, 0.2) is 73.0 Å². The number of aromatic nitrogens is 4. The van der Waals surface area contributed by atoms with Gasteiger partial charge in [-0.05, 0) is 49.6 Å². The molecule has 1 atom stereocenters. The minimum Gasteiger partial charge on any atom is -0.505 e. The van der Waals surface area contributed by atoms with E-state index in [-0.39, 0.29) is 11.3 Å². The number of aliphatic hydroxyl groups excluding tert-OH is 1. The van der Waals surface area contributed by atoms with Gasteiger partial charge < -0.3 is 19.3 Å². The molecule has 3 aromatic heterocycles. The molecule has 1 N–H and O–H groups in total. The van der Waals surface area contributed by atoms with Gasteiger partial charge in [0.2, 0.25) is 0 Å². The molecule has 1 unspecified atom stereocenters. The number of nitrogens with zero attached hydrogens (tertiary/aromatic N) is 5. The fourth-order valence-corrected chi connectivity index (χ4v) is 5.29. The van der Waals surface area contributed by atoms with E-state index in [2.05, 4.69) is 16.9 Å². The van der Waals surface area contributed by atoms with Crippen LogP contribution in [0.4, 0.5) is 0 Å². The third-order valence-corrected chi connectivity index (χ3v) is 7.31. The number of rotatable bonds is 12. The number of aryl methyl sites for hydroxylation is 2. The maximum absolute atomic E-state index is 13.5. The van der Waals surface area contributed by atoms with Gasteiger partial charge in [0.25, 0.3) is 11.7 Å². The molecule has 5 rings (SSSR count). The van der Waals surface area contributed by atoms with Gasteiger partial charge in [-0.15, -0.1) is 0 Å². The number of imidazole rings is 2. The first-order valence-electron chi connectivity index (χ1n) is 13.9. The predicted molar refractivity (Wildman–Crippen MR) is 152 cm³/mol. The van der Waals surface area contributed by atoms with E-state index in [0.29, 0.717) is 43.2 Å². The molecule has 0 radical (unpaired) electrons. The maximum Gasteiger partial charge on any atom is 0.295 e. The Labute approximate surface area is 233 Å². The molecule has 1 fully saturated rings. The largest absolute Gasteiger partial charge is 0.505 e. The van der Waals surface area contributed by atoms with Crippen LogP contribution >= 0.6 is 0 Å². The average molecular weight is 542 g/mol. The van der Waals surface area contributed by atoms with Crippen molar-refractivity contribution >= 4 is 23.1 Å². The highest BCUT2D eigenvalue weighted by Crippen LogP contribution is 2.40. The van der Waals surface area contributed by atoms with Gasteiger partial charge in [0.15, 0.2) is 5.76 Å². The molecule has 0 bridgehead atoms. The van der Waals surface area contributed by atoms with Crippen LogP contribution in [0.1, 0.15) is 62.0 Å². The monoisotopic (exact) mass is 541 g/mol. The van der Waals surface area contributed by atoms with E-state index in [1.54, 1.807) is 34.9 Å². The van der Waals surface area contributed by atoms with E-state index < -0.39 is 17.7 Å². The van der Waals surface area contributed by atoms with Crippen LogP contribution < -0.4 is 4.74 Å². The zero-order valence-corrected chi connectivity index (χ0v) is 23.0. The first kappa shape index (κ1) is 27.2. The fraction of sp³-hybridized carbons (Fsp3) is 0.355. The second kappa shape index (κ2) is 12.2. The Morgan fingerprint density at radius 1 is 1.00 bits per heavy atom. The van der Waals surface area contributed by atoms with Gasteiger partial charge in [0.1, 0.15) is 17.1 Å². The summed E-state index contributed by atoms with van der Waals surface area (Å²) in [6.45, 7) is 5.58. The summed E-state index contributed by atoms with van der Waals surface area (Å²) in [5.41, 5.74) is 2.42. The summed E-state index contributed by atoms with van der Waals surface area (Å²) < 4.78 is 9.58. The molecule has 4 aromatic rings. The van der Waals surface area contributed by atoms with Gasteiger partial charge in [0.05, 0.1) is 30.2 Å². The standard InChI is InChI=1S/C31H35N5O4/c1-3-4-5-8-20-40-24-13-11-23(12-14-24)28-26(29(37)27-22(2)33-25-10-6-7-17-35(25)27)30(38)31(39)36(28)18-9-16-34-19-15-32-21-34/h6-7,10-15,17,19,21,28,37H,3-5,8-9,16,18,20H2,1-2H3. The Balaban J connectivity index is 1.49. The van der Waals surface area contributed by atoms with Gasteiger partial charge in [-0.1, -0.05) is 44.4 Å². The van der Waals surface area contributed by atoms with Gasteiger partial charge in [0, 0.05) is 31.7 Å². The van der Waals surface area contributed by atoms with Crippen LogP contribution in [0.2, 0.25) is 0 Å². The number of unbranched alkanes of at least 4 members (excludes halogenated alkanes) is 3. The number of pyridine rings is 1. The molecule has 1 aliphatic heterocycles. The molecular weight excluding hydrogens is 506 g/mol. The summed E-state index contributed by atoms with van der Waals surface area (Å²) in [6.07, 6.45) is 12.2. The minimum atomic E-state index is -0.741. The van der Waals surface area contributed by atoms with Crippen molar-refractivity contribution in [2.24, 2.45) is 0 Å². The number of carbonyl (C=O) groups excluding carboxylic acids is 2. The van der Waals surface area contributed by atoms with Crippen molar-refractivity contribution in [2.75, 3.05) is 13.2 Å². The van der Waals surface area contributed by atoms with Crippen molar-refractivity contribution in [2.45, 2.75) is 58.5 Å². The molecule has 40 heavy (non-hydrogen) atoms. The Morgan fingerprint density at radius 3 is 2.58 bits per heavy atom. The van der Waals surface area contributed by atoms with Crippen LogP contribution in [0.3, 0.4) is 0 Å². The zero-order valence-electron chi connectivity index (χ0n) is 23.0. The third-order valence-electron chi connectivity index (χ3n) is 7.31. The van der Waals surface area contributed by atoms with Crippen molar-refractivity contribution in [3.63, 3.8) is 0 Å². The number of Topliss-reactive ketones (excluding diaryl/α,β-unsaturated/α-hetero) is 1. The van der Waals surface area contributed by atoms with Crippen molar-refractivity contribution in [3.05, 3.63) is 89.9 Å². The molecule has 0 saturated carbocycles. The summed E-state index contributed by atoms with van der Waals surface area (Å²) in [7, 11) is 0. The number of ketones is 1. The van der Waals surface area contributed by atoms with Crippen LogP contribution in [0.25, 0.3) is 11.4 Å². The van der Waals surface area contributed by atoms with Crippen molar-refractivity contribution in [1.29, 1.82) is 0 Å². The van der Waals surface area contributed by atoms with Gasteiger partial charge in [-0.2, -0.15) is 0 Å². The summed E-state index contributed by atoms with van der Waals surface area (Å²) in [5.74, 6) is -0.825.